The van der Waals surface area contributed by atoms with Gasteiger partial charge < -0.3 is 15.0 Å². The second-order valence-electron chi connectivity index (χ2n) is 7.75. The number of amides is 1. The van der Waals surface area contributed by atoms with E-state index in [2.05, 4.69) is 24.1 Å². The van der Waals surface area contributed by atoms with Crippen molar-refractivity contribution in [1.82, 2.24) is 0 Å². The van der Waals surface area contributed by atoms with Gasteiger partial charge in [0, 0.05) is 18.3 Å². The first-order chi connectivity index (χ1) is 14.8. The van der Waals surface area contributed by atoms with Gasteiger partial charge in [0.15, 0.2) is 0 Å². The molecule has 1 fully saturated rings. The van der Waals surface area contributed by atoms with Gasteiger partial charge in [-0.1, -0.05) is 13.8 Å². The van der Waals surface area contributed by atoms with Crippen molar-refractivity contribution in [2.24, 2.45) is 5.92 Å². The summed E-state index contributed by atoms with van der Waals surface area (Å²) < 4.78 is 20.1. The number of benzene rings is 2. The second-order valence-corrected chi connectivity index (χ2v) is 8.60. The zero-order valence-electron chi connectivity index (χ0n) is 18.0. The van der Waals surface area contributed by atoms with Crippen LogP contribution in [-0.4, -0.2) is 36.8 Å². The third-order valence-electron chi connectivity index (χ3n) is 5.53. The number of nitro groups is 1. The van der Waals surface area contributed by atoms with Crippen LogP contribution in [0.15, 0.2) is 35.2 Å². The second kappa shape index (κ2) is 9.55. The molecule has 1 heterocycles. The van der Waals surface area contributed by atoms with Crippen LogP contribution in [-0.2, 0) is 0 Å². The Balaban J connectivity index is 1.87. The number of nitrogens with zero attached hydrogens (tertiary/aromatic N) is 2. The van der Waals surface area contributed by atoms with Crippen molar-refractivity contribution in [2.75, 3.05) is 30.1 Å². The number of hydrogen-bond acceptors (Lipinski definition) is 6. The normalized spacial score (nSPS) is 15.9. The lowest BCUT2D eigenvalue weighted by Crippen LogP contribution is -2.33. The maximum Gasteiger partial charge on any atom is 0.285 e. The van der Waals surface area contributed by atoms with Gasteiger partial charge in [0.2, 0.25) is 0 Å². The predicted octanol–water partition coefficient (Wildman–Crippen LogP) is 5.34. The molecule has 0 unspecified atom stereocenters. The van der Waals surface area contributed by atoms with Gasteiger partial charge in [-0.25, -0.2) is 4.39 Å². The summed E-state index contributed by atoms with van der Waals surface area (Å²) in [5, 5.41) is 14.1. The van der Waals surface area contributed by atoms with Gasteiger partial charge in [0.1, 0.15) is 17.1 Å². The quantitative estimate of drug-likeness (QED) is 0.350. The number of halogens is 1. The fraction of sp³-hybridized carbons (Fsp3) is 0.409. The predicted molar refractivity (Wildman–Crippen MR) is 121 cm³/mol. The van der Waals surface area contributed by atoms with Crippen LogP contribution < -0.4 is 15.0 Å². The fourth-order valence-corrected chi connectivity index (χ4v) is 4.58. The summed E-state index contributed by atoms with van der Waals surface area (Å²) >= 11 is 1.31. The molecule has 0 spiro atoms. The number of carbonyl (C=O) groups excluding carboxylic acids is 1. The first kappa shape index (κ1) is 22.9. The van der Waals surface area contributed by atoms with Gasteiger partial charge >= 0.3 is 0 Å². The standard InChI is InChI=1S/C22H26FN3O4S/c1-13(2)17-6-5-9-25(17)18-8-7-14(10-16(18)23)24-22(27)15-11-21(31-4)20(30-3)12-19(15)26(28)29/h7-8,10-13,17H,5-6,9H2,1-4H3,(H,24,27)/t17-/m1/s1. The summed E-state index contributed by atoms with van der Waals surface area (Å²) in [4.78, 5) is 26.3. The van der Waals surface area contributed by atoms with Gasteiger partial charge in [-0.2, -0.15) is 0 Å². The van der Waals surface area contributed by atoms with Crippen LogP contribution in [0.4, 0.5) is 21.5 Å². The van der Waals surface area contributed by atoms with E-state index < -0.39 is 16.6 Å². The number of carbonyl (C=O) groups is 1. The molecular weight excluding hydrogens is 421 g/mol. The van der Waals surface area contributed by atoms with Crippen LogP contribution >= 0.6 is 11.8 Å². The Bertz CT molecular complexity index is 999. The maximum absolute atomic E-state index is 14.9. The van der Waals surface area contributed by atoms with Crippen molar-refractivity contribution in [1.29, 1.82) is 0 Å². The summed E-state index contributed by atoms with van der Waals surface area (Å²) in [6.45, 7) is 5.04. The molecule has 1 aliphatic heterocycles. The van der Waals surface area contributed by atoms with E-state index in [1.807, 2.05) is 0 Å². The van der Waals surface area contributed by atoms with Crippen LogP contribution in [0.5, 0.6) is 5.75 Å². The molecular formula is C22H26FN3O4S. The Morgan fingerprint density at radius 1 is 1.35 bits per heavy atom. The van der Waals surface area contributed by atoms with Gasteiger partial charge in [0.05, 0.1) is 28.7 Å². The molecule has 2 aromatic rings. The molecule has 0 saturated carbocycles. The third-order valence-corrected chi connectivity index (χ3v) is 6.29. The van der Waals surface area contributed by atoms with E-state index in [-0.39, 0.29) is 23.0 Å². The molecule has 3 rings (SSSR count). The van der Waals surface area contributed by atoms with E-state index >= 15 is 0 Å². The molecule has 1 amide bonds. The lowest BCUT2D eigenvalue weighted by molar-refractivity contribution is -0.385. The smallest absolute Gasteiger partial charge is 0.285 e. The van der Waals surface area contributed by atoms with Crippen molar-refractivity contribution in [3.05, 3.63) is 51.8 Å². The maximum atomic E-state index is 14.9. The van der Waals surface area contributed by atoms with Crippen molar-refractivity contribution in [3.8, 4) is 5.75 Å². The lowest BCUT2D eigenvalue weighted by atomic mass is 10.0. The highest BCUT2D eigenvalue weighted by molar-refractivity contribution is 7.98. The molecule has 1 aliphatic rings. The summed E-state index contributed by atoms with van der Waals surface area (Å²) in [6.07, 6.45) is 3.82. The SMILES string of the molecule is COc1cc([N+](=O)[O-])c(C(=O)Nc2ccc(N3CCC[C@@H]3C(C)C)c(F)c2)cc1SC. The Morgan fingerprint density at radius 3 is 2.68 bits per heavy atom. The minimum atomic E-state index is -0.682. The van der Waals surface area contributed by atoms with Crippen LogP contribution in [0.2, 0.25) is 0 Å². The number of thioether (sulfide) groups is 1. The first-order valence-corrected chi connectivity index (χ1v) is 11.3. The number of anilines is 2. The van der Waals surface area contributed by atoms with Gasteiger partial charge in [-0.05, 0) is 49.3 Å². The van der Waals surface area contributed by atoms with Gasteiger partial charge in [-0.15, -0.1) is 11.8 Å². The Labute approximate surface area is 185 Å². The molecule has 9 heteroatoms. The lowest BCUT2D eigenvalue weighted by Gasteiger charge is -2.30. The molecule has 31 heavy (non-hydrogen) atoms. The highest BCUT2D eigenvalue weighted by atomic mass is 32.2. The molecule has 1 atom stereocenters. The monoisotopic (exact) mass is 447 g/mol. The van der Waals surface area contributed by atoms with Crippen LogP contribution in [0.25, 0.3) is 0 Å². The van der Waals surface area contributed by atoms with Crippen LogP contribution in [0.1, 0.15) is 37.0 Å². The van der Waals surface area contributed by atoms with E-state index in [0.29, 0.717) is 22.3 Å². The number of nitrogens with one attached hydrogen (secondary N) is 1. The first-order valence-electron chi connectivity index (χ1n) is 10.0. The zero-order chi connectivity index (χ0) is 22.7. The minimum Gasteiger partial charge on any atom is -0.495 e. The molecule has 0 aliphatic carbocycles. The molecule has 1 saturated heterocycles. The number of nitro benzene ring substituents is 1. The van der Waals surface area contributed by atoms with Crippen molar-refractivity contribution < 1.29 is 18.8 Å². The summed E-state index contributed by atoms with van der Waals surface area (Å²) in [5.74, 6) is -0.392. The number of methoxy groups -OCH3 is 1. The number of ether oxygens (including phenoxy) is 1. The molecule has 0 radical (unpaired) electrons. The minimum absolute atomic E-state index is 0.112. The van der Waals surface area contributed by atoms with E-state index in [1.165, 1.54) is 37.1 Å². The highest BCUT2D eigenvalue weighted by Crippen LogP contribution is 2.36. The summed E-state index contributed by atoms with van der Waals surface area (Å²) in [6, 6.07) is 7.46. The average Bonchev–Trinajstić information content (AvgIpc) is 3.22. The van der Waals surface area contributed by atoms with Gasteiger partial charge in [-0.3, -0.25) is 14.9 Å². The summed E-state index contributed by atoms with van der Waals surface area (Å²) in [5.41, 5.74) is 0.261. The number of hydrogen-bond donors (Lipinski definition) is 1. The largest absolute Gasteiger partial charge is 0.495 e. The number of rotatable bonds is 7. The average molecular weight is 448 g/mol. The van der Waals surface area contributed by atoms with E-state index in [0.717, 1.165) is 19.4 Å². The van der Waals surface area contributed by atoms with E-state index in [9.17, 15) is 19.3 Å². The Kier molecular flexibility index (Phi) is 7.04. The molecule has 166 valence electrons. The third kappa shape index (κ3) is 4.76. The van der Waals surface area contributed by atoms with Crippen molar-refractivity contribution >= 4 is 34.7 Å². The molecule has 2 aromatic carbocycles. The van der Waals surface area contributed by atoms with E-state index in [4.69, 9.17) is 4.74 Å². The highest BCUT2D eigenvalue weighted by Gasteiger charge is 2.29. The zero-order valence-corrected chi connectivity index (χ0v) is 18.8. The van der Waals surface area contributed by atoms with Crippen LogP contribution in [0, 0.1) is 21.8 Å². The van der Waals surface area contributed by atoms with Gasteiger partial charge in [0.25, 0.3) is 11.6 Å². The molecule has 0 aromatic heterocycles. The van der Waals surface area contributed by atoms with Crippen molar-refractivity contribution in [2.45, 2.75) is 37.6 Å². The molecule has 0 bridgehead atoms. The van der Waals surface area contributed by atoms with E-state index in [1.54, 1.807) is 18.4 Å². The summed E-state index contributed by atoms with van der Waals surface area (Å²) in [7, 11) is 1.41. The topological polar surface area (TPSA) is 84.7 Å². The van der Waals surface area contributed by atoms with Crippen molar-refractivity contribution in [3.63, 3.8) is 0 Å². The Hall–Kier alpha value is -2.81. The molecule has 1 N–H and O–H groups in total. The Morgan fingerprint density at radius 2 is 2.10 bits per heavy atom. The molecule has 7 nitrogen and oxygen atoms in total. The fourth-order valence-electron chi connectivity index (χ4n) is 4.00. The van der Waals surface area contributed by atoms with Crippen LogP contribution in [0.3, 0.4) is 0 Å².